The van der Waals surface area contributed by atoms with Gasteiger partial charge in [0.05, 0.1) is 6.42 Å². The molecule has 1 N–H and O–H groups in total. The molecule has 22 heavy (non-hydrogen) atoms. The van der Waals surface area contributed by atoms with E-state index in [2.05, 4.69) is 4.99 Å². The lowest BCUT2D eigenvalue weighted by Crippen LogP contribution is -2.43. The zero-order chi connectivity index (χ0) is 16.8. The van der Waals surface area contributed by atoms with Crippen LogP contribution in [0.25, 0.3) is 0 Å². The highest BCUT2D eigenvalue weighted by atomic mass is 16.6. The van der Waals surface area contributed by atoms with E-state index in [1.807, 2.05) is 0 Å². The summed E-state index contributed by atoms with van der Waals surface area (Å²) in [5, 5.41) is 8.81. The monoisotopic (exact) mass is 311 g/mol. The molecule has 0 spiro atoms. The molecule has 0 amide bonds. The lowest BCUT2D eigenvalue weighted by molar-refractivity contribution is -0.157. The number of hydrogen-bond acceptors (Lipinski definition) is 5. The van der Waals surface area contributed by atoms with E-state index in [4.69, 9.17) is 9.84 Å². The molecule has 0 aliphatic heterocycles. The minimum atomic E-state index is -1.33. The Morgan fingerprint density at radius 2 is 1.82 bits per heavy atom. The van der Waals surface area contributed by atoms with E-state index in [1.165, 1.54) is 0 Å². The molecule has 1 aliphatic carbocycles. The maximum Gasteiger partial charge on any atom is 0.346 e. The molecule has 0 saturated heterocycles. The molecule has 124 valence electrons. The number of carboxylic acids is 1. The first-order valence-corrected chi connectivity index (χ1v) is 7.65. The molecule has 0 aromatic carbocycles. The Labute approximate surface area is 130 Å². The first-order chi connectivity index (χ1) is 10.2. The van der Waals surface area contributed by atoms with Crippen molar-refractivity contribution in [3.63, 3.8) is 0 Å². The van der Waals surface area contributed by atoms with Crippen molar-refractivity contribution in [2.24, 2.45) is 10.9 Å². The highest BCUT2D eigenvalue weighted by molar-refractivity contribution is 6.22. The van der Waals surface area contributed by atoms with Gasteiger partial charge < -0.3 is 14.6 Å². The van der Waals surface area contributed by atoms with Crippen molar-refractivity contribution in [3.05, 3.63) is 0 Å². The number of nitrogens with zero attached hydrogens (tertiary/aromatic N) is 1. The highest BCUT2D eigenvalue weighted by Gasteiger charge is 2.42. The summed E-state index contributed by atoms with van der Waals surface area (Å²) in [6, 6.07) is 0. The predicted molar refractivity (Wildman–Crippen MR) is 82.0 cm³/mol. The first-order valence-electron chi connectivity index (χ1n) is 7.65. The average molecular weight is 311 g/mol. The summed E-state index contributed by atoms with van der Waals surface area (Å²) in [5.41, 5.74) is -1.99. The smallest absolute Gasteiger partial charge is 0.346 e. The molecule has 1 rings (SSSR count). The van der Waals surface area contributed by atoms with Gasteiger partial charge in [0.2, 0.25) is 0 Å². The van der Waals surface area contributed by atoms with Gasteiger partial charge in [0, 0.05) is 0 Å². The number of aliphatic imine (C=N–C) groups is 1. The summed E-state index contributed by atoms with van der Waals surface area (Å²) in [7, 11) is 0. The van der Waals surface area contributed by atoms with Crippen molar-refractivity contribution in [2.45, 2.75) is 70.4 Å². The van der Waals surface area contributed by atoms with Gasteiger partial charge in [0.1, 0.15) is 23.6 Å². The van der Waals surface area contributed by atoms with E-state index in [1.54, 1.807) is 20.8 Å². The number of ether oxygens (including phenoxy) is 1. The van der Waals surface area contributed by atoms with Crippen molar-refractivity contribution in [2.75, 3.05) is 0 Å². The van der Waals surface area contributed by atoms with Crippen LogP contribution in [0.2, 0.25) is 0 Å². The predicted octanol–water partition coefficient (Wildman–Crippen LogP) is 2.39. The Balaban J connectivity index is 3.00. The van der Waals surface area contributed by atoms with Crippen LogP contribution < -0.4 is 0 Å². The summed E-state index contributed by atoms with van der Waals surface area (Å²) >= 11 is 0. The van der Waals surface area contributed by atoms with Gasteiger partial charge in [0.15, 0.2) is 0 Å². The second kappa shape index (κ2) is 7.51. The van der Waals surface area contributed by atoms with E-state index in [9.17, 15) is 14.4 Å². The second-order valence-electron chi connectivity index (χ2n) is 6.80. The topological polar surface area (TPSA) is 93.0 Å². The summed E-state index contributed by atoms with van der Waals surface area (Å²) in [6.45, 7) is 5.23. The minimum absolute atomic E-state index is 0.123. The number of aliphatic carboxylic acids is 1. The number of rotatable bonds is 6. The molecule has 1 saturated carbocycles. The molecule has 0 unspecified atom stereocenters. The minimum Gasteiger partial charge on any atom is -0.477 e. The van der Waals surface area contributed by atoms with Crippen molar-refractivity contribution < 1.29 is 24.2 Å². The van der Waals surface area contributed by atoms with Gasteiger partial charge in [-0.2, -0.15) is 0 Å². The van der Waals surface area contributed by atoms with Crippen LogP contribution in [0, 0.1) is 5.92 Å². The lowest BCUT2D eigenvalue weighted by atomic mass is 9.74. The molecule has 1 aliphatic rings. The standard InChI is InChI=1S/C16H25NO5/c1-15(2,3)22-14(21)9-16(11-18,17-10-13(19)20)12-7-5-4-6-8-12/h10-12H,4-9H2,1-3H3,(H,19,20)/t16-/m0/s1. The van der Waals surface area contributed by atoms with Gasteiger partial charge in [0.25, 0.3) is 0 Å². The van der Waals surface area contributed by atoms with Gasteiger partial charge >= 0.3 is 11.9 Å². The molecular weight excluding hydrogens is 286 g/mol. The Hall–Kier alpha value is -1.72. The maximum atomic E-state index is 12.1. The number of carbonyl (C=O) groups excluding carboxylic acids is 2. The average Bonchev–Trinajstić information content (AvgIpc) is 2.42. The van der Waals surface area contributed by atoms with Crippen LogP contribution in [0.1, 0.15) is 59.3 Å². The number of aldehydes is 1. The molecule has 0 aromatic rings. The Kier molecular flexibility index (Phi) is 6.26. The third kappa shape index (κ3) is 5.58. The first kappa shape index (κ1) is 18.3. The normalized spacial score (nSPS) is 19.6. The van der Waals surface area contributed by atoms with Crippen LogP contribution in [-0.2, 0) is 19.1 Å². The largest absolute Gasteiger partial charge is 0.477 e. The van der Waals surface area contributed by atoms with Gasteiger partial charge in [-0.3, -0.25) is 9.79 Å². The number of hydrogen-bond donors (Lipinski definition) is 1. The Morgan fingerprint density at radius 3 is 2.27 bits per heavy atom. The SMILES string of the molecule is CC(C)(C)OC(=O)C[C@@](C=O)(N=CC(=O)O)C1CCCCC1. The van der Waals surface area contributed by atoms with Gasteiger partial charge in [-0.15, -0.1) is 0 Å². The molecule has 0 radical (unpaired) electrons. The summed E-state index contributed by atoms with van der Waals surface area (Å²) in [6.07, 6.45) is 5.63. The second-order valence-corrected chi connectivity index (χ2v) is 6.80. The molecule has 6 heteroatoms. The van der Waals surface area contributed by atoms with E-state index < -0.39 is 23.1 Å². The molecule has 0 bridgehead atoms. The summed E-state index contributed by atoms with van der Waals surface area (Å²) < 4.78 is 5.27. The summed E-state index contributed by atoms with van der Waals surface area (Å²) in [4.78, 5) is 38.6. The van der Waals surface area contributed by atoms with Crippen molar-refractivity contribution >= 4 is 24.4 Å². The maximum absolute atomic E-state index is 12.1. The van der Waals surface area contributed by atoms with E-state index >= 15 is 0 Å². The van der Waals surface area contributed by atoms with Crippen LogP contribution in [-0.4, -0.2) is 40.7 Å². The molecule has 1 fully saturated rings. The zero-order valence-electron chi connectivity index (χ0n) is 13.5. The van der Waals surface area contributed by atoms with Crippen LogP contribution >= 0.6 is 0 Å². The highest BCUT2D eigenvalue weighted by Crippen LogP contribution is 2.36. The quantitative estimate of drug-likeness (QED) is 0.462. The molecule has 0 heterocycles. The third-order valence-corrected chi connectivity index (χ3v) is 3.78. The van der Waals surface area contributed by atoms with Crippen molar-refractivity contribution in [1.82, 2.24) is 0 Å². The number of esters is 1. The molecule has 1 atom stereocenters. The molecule has 6 nitrogen and oxygen atoms in total. The fourth-order valence-corrected chi connectivity index (χ4v) is 2.85. The van der Waals surface area contributed by atoms with Crippen LogP contribution in [0.3, 0.4) is 0 Å². The van der Waals surface area contributed by atoms with Gasteiger partial charge in [-0.25, -0.2) is 4.79 Å². The lowest BCUT2D eigenvalue weighted by Gasteiger charge is -2.35. The van der Waals surface area contributed by atoms with Gasteiger partial charge in [-0.1, -0.05) is 19.3 Å². The van der Waals surface area contributed by atoms with Crippen LogP contribution in [0.15, 0.2) is 4.99 Å². The molecule has 0 aromatic heterocycles. The van der Waals surface area contributed by atoms with Crippen LogP contribution in [0.4, 0.5) is 0 Å². The fraction of sp³-hybridized carbons (Fsp3) is 0.750. The van der Waals surface area contributed by atoms with Crippen molar-refractivity contribution in [3.8, 4) is 0 Å². The fourth-order valence-electron chi connectivity index (χ4n) is 2.85. The Morgan fingerprint density at radius 1 is 1.23 bits per heavy atom. The zero-order valence-corrected chi connectivity index (χ0v) is 13.5. The summed E-state index contributed by atoms with van der Waals surface area (Å²) in [5.74, 6) is -1.89. The van der Waals surface area contributed by atoms with E-state index in [0.29, 0.717) is 12.5 Å². The van der Waals surface area contributed by atoms with E-state index in [0.717, 1.165) is 32.1 Å². The van der Waals surface area contributed by atoms with Crippen molar-refractivity contribution in [1.29, 1.82) is 0 Å². The third-order valence-electron chi connectivity index (χ3n) is 3.78. The number of carboxylic acid groups (broad SMARTS) is 1. The molecular formula is C16H25NO5. The van der Waals surface area contributed by atoms with Crippen LogP contribution in [0.5, 0.6) is 0 Å². The van der Waals surface area contributed by atoms with Gasteiger partial charge in [-0.05, 0) is 39.5 Å². The number of carbonyl (C=O) groups is 3. The van der Waals surface area contributed by atoms with E-state index in [-0.39, 0.29) is 12.3 Å². The Bertz CT molecular complexity index is 446.